The topological polar surface area (TPSA) is 84.9 Å². The molecule has 3 aromatic rings. The van der Waals surface area contributed by atoms with E-state index >= 15 is 0 Å². The Morgan fingerprint density at radius 3 is 2.45 bits per heavy atom. The fraction of sp³-hybridized carbons (Fsp3) is 0.250. The minimum Gasteiger partial charge on any atom is -0.506 e. The maximum absolute atomic E-state index is 12.9. The molecule has 1 aliphatic rings. The number of carbonyl (C=O) groups is 2. The molecule has 0 aliphatic carbocycles. The van der Waals surface area contributed by atoms with Crippen molar-refractivity contribution in [3.8, 4) is 5.75 Å². The first-order valence-electron chi connectivity index (χ1n) is 10.6. The van der Waals surface area contributed by atoms with Gasteiger partial charge in [-0.2, -0.15) is 0 Å². The van der Waals surface area contributed by atoms with Gasteiger partial charge in [0.2, 0.25) is 0 Å². The molecule has 0 atom stereocenters. The molecule has 1 fully saturated rings. The van der Waals surface area contributed by atoms with Crippen LogP contribution in [-0.4, -0.2) is 55.0 Å². The number of hydrogen-bond acceptors (Lipinski definition) is 6. The molecule has 0 unspecified atom stereocenters. The monoisotopic (exact) mass is 576 g/mol. The fourth-order valence-corrected chi connectivity index (χ4v) is 5.23. The third-order valence-electron chi connectivity index (χ3n) is 5.54. The second-order valence-electron chi connectivity index (χ2n) is 7.90. The van der Waals surface area contributed by atoms with Gasteiger partial charge < -0.3 is 25.5 Å². The highest BCUT2D eigenvalue weighted by Crippen LogP contribution is 2.33. The standard InChI is InChI=1S/C24H25IN4O3S/c1-28-12-3-13-29(15-14-28)17-8-6-16(7-9-17)23(31)27-22-18(4-2-5-19(22)30)26-24(32)20-10-11-21(25)33-20/h2,4-11,30H,3,12-15H2,1H3,(H,26,32)(H,27,31). The number of para-hydroxylation sites is 1. The second kappa shape index (κ2) is 10.5. The van der Waals surface area contributed by atoms with Crippen molar-refractivity contribution in [1.29, 1.82) is 0 Å². The molecule has 7 nitrogen and oxygen atoms in total. The molecule has 33 heavy (non-hydrogen) atoms. The van der Waals surface area contributed by atoms with E-state index in [-0.39, 0.29) is 23.3 Å². The van der Waals surface area contributed by atoms with Crippen LogP contribution in [0.1, 0.15) is 26.5 Å². The maximum Gasteiger partial charge on any atom is 0.265 e. The zero-order valence-electron chi connectivity index (χ0n) is 18.2. The van der Waals surface area contributed by atoms with E-state index in [1.807, 2.05) is 18.2 Å². The normalized spacial score (nSPS) is 14.5. The number of nitrogens with zero attached hydrogens (tertiary/aromatic N) is 2. The number of phenolic OH excluding ortho intramolecular Hbond substituents is 1. The van der Waals surface area contributed by atoms with Gasteiger partial charge in [-0.3, -0.25) is 9.59 Å². The largest absolute Gasteiger partial charge is 0.506 e. The van der Waals surface area contributed by atoms with Crippen LogP contribution < -0.4 is 15.5 Å². The van der Waals surface area contributed by atoms with Gasteiger partial charge in [0.15, 0.2) is 0 Å². The maximum atomic E-state index is 12.9. The van der Waals surface area contributed by atoms with Crippen molar-refractivity contribution in [2.24, 2.45) is 0 Å². The summed E-state index contributed by atoms with van der Waals surface area (Å²) in [7, 11) is 2.13. The first-order chi connectivity index (χ1) is 15.9. The number of benzene rings is 2. The highest BCUT2D eigenvalue weighted by atomic mass is 127. The summed E-state index contributed by atoms with van der Waals surface area (Å²) in [5, 5.41) is 15.9. The van der Waals surface area contributed by atoms with Crippen molar-refractivity contribution in [2.75, 3.05) is 48.8 Å². The number of likely N-dealkylation sites (N-methyl/N-ethyl adjacent to an activating group) is 1. The molecule has 1 saturated heterocycles. The second-order valence-corrected chi connectivity index (χ2v) is 10.9. The first kappa shape index (κ1) is 23.5. The van der Waals surface area contributed by atoms with E-state index in [0.29, 0.717) is 16.1 Å². The zero-order chi connectivity index (χ0) is 23.4. The molecular formula is C24H25IN4O3S. The van der Waals surface area contributed by atoms with Gasteiger partial charge in [0.1, 0.15) is 11.4 Å². The number of hydrogen-bond donors (Lipinski definition) is 3. The van der Waals surface area contributed by atoms with E-state index in [1.54, 1.807) is 30.3 Å². The number of nitrogens with one attached hydrogen (secondary N) is 2. The molecule has 0 bridgehead atoms. The lowest BCUT2D eigenvalue weighted by molar-refractivity contribution is 0.101. The summed E-state index contributed by atoms with van der Waals surface area (Å²) in [6.45, 7) is 4.03. The van der Waals surface area contributed by atoms with Crippen molar-refractivity contribution in [3.63, 3.8) is 0 Å². The van der Waals surface area contributed by atoms with Crippen LogP contribution in [0.3, 0.4) is 0 Å². The minimum absolute atomic E-state index is 0.118. The van der Waals surface area contributed by atoms with E-state index in [1.165, 1.54) is 17.4 Å². The summed E-state index contributed by atoms with van der Waals surface area (Å²) in [6, 6.07) is 15.8. The summed E-state index contributed by atoms with van der Waals surface area (Å²) in [5.41, 5.74) is 2.06. The third kappa shape index (κ3) is 5.84. The Morgan fingerprint density at radius 2 is 1.73 bits per heavy atom. The predicted octanol–water partition coefficient (Wildman–Crippen LogP) is 4.70. The van der Waals surface area contributed by atoms with Crippen molar-refractivity contribution in [3.05, 3.63) is 67.9 Å². The van der Waals surface area contributed by atoms with Crippen LogP contribution in [0.4, 0.5) is 17.1 Å². The van der Waals surface area contributed by atoms with Crippen LogP contribution in [0.5, 0.6) is 5.75 Å². The molecule has 172 valence electrons. The number of anilines is 3. The number of thiophene rings is 1. The number of amides is 2. The summed E-state index contributed by atoms with van der Waals surface area (Å²) in [4.78, 5) is 30.7. The quantitative estimate of drug-likeness (QED) is 0.303. The SMILES string of the molecule is CN1CCCN(c2ccc(C(=O)Nc3c(O)cccc3NC(=O)c3ccc(I)s3)cc2)CC1. The Hall–Kier alpha value is -2.63. The van der Waals surface area contributed by atoms with Crippen molar-refractivity contribution < 1.29 is 14.7 Å². The van der Waals surface area contributed by atoms with Crippen LogP contribution in [0.25, 0.3) is 0 Å². The molecule has 9 heteroatoms. The molecule has 2 amide bonds. The third-order valence-corrected chi connectivity index (χ3v) is 7.43. The lowest BCUT2D eigenvalue weighted by atomic mass is 10.1. The molecule has 0 spiro atoms. The number of rotatable bonds is 5. The van der Waals surface area contributed by atoms with Crippen LogP contribution in [-0.2, 0) is 0 Å². The summed E-state index contributed by atoms with van der Waals surface area (Å²) >= 11 is 3.52. The Morgan fingerprint density at radius 1 is 0.939 bits per heavy atom. The molecule has 2 aromatic carbocycles. The van der Waals surface area contributed by atoms with Crippen LogP contribution >= 0.6 is 33.9 Å². The minimum atomic E-state index is -0.361. The molecule has 0 saturated carbocycles. The van der Waals surface area contributed by atoms with Crippen LogP contribution in [0.15, 0.2) is 54.6 Å². The molecular weight excluding hydrogens is 551 g/mol. The smallest absolute Gasteiger partial charge is 0.265 e. The molecule has 4 rings (SSSR count). The Kier molecular flexibility index (Phi) is 7.51. The van der Waals surface area contributed by atoms with E-state index in [0.717, 1.165) is 41.2 Å². The lowest BCUT2D eigenvalue weighted by Crippen LogP contribution is -2.28. The summed E-state index contributed by atoms with van der Waals surface area (Å²) < 4.78 is 0.998. The highest BCUT2D eigenvalue weighted by molar-refractivity contribution is 14.1. The van der Waals surface area contributed by atoms with Crippen molar-refractivity contribution in [2.45, 2.75) is 6.42 Å². The molecule has 1 aromatic heterocycles. The fourth-order valence-electron chi connectivity index (χ4n) is 3.71. The summed E-state index contributed by atoms with van der Waals surface area (Å²) in [5.74, 6) is -0.775. The van der Waals surface area contributed by atoms with Crippen LogP contribution in [0, 0.1) is 2.88 Å². The molecule has 0 radical (unpaired) electrons. The van der Waals surface area contributed by atoms with Gasteiger partial charge in [-0.25, -0.2) is 0 Å². The van der Waals surface area contributed by atoms with E-state index in [9.17, 15) is 14.7 Å². The Bertz CT molecular complexity index is 1150. The van der Waals surface area contributed by atoms with Gasteiger partial charge >= 0.3 is 0 Å². The van der Waals surface area contributed by atoms with Crippen molar-refractivity contribution >= 4 is 62.8 Å². The van der Waals surface area contributed by atoms with Gasteiger partial charge in [0.05, 0.1) is 13.4 Å². The molecule has 1 aliphatic heterocycles. The average Bonchev–Trinajstić information content (AvgIpc) is 3.13. The van der Waals surface area contributed by atoms with Gasteiger partial charge in [-0.05, 0) is 91.1 Å². The van der Waals surface area contributed by atoms with Crippen LogP contribution in [0.2, 0.25) is 0 Å². The highest BCUT2D eigenvalue weighted by Gasteiger charge is 2.17. The average molecular weight is 576 g/mol. The number of halogens is 1. The molecule has 3 N–H and O–H groups in total. The Balaban J connectivity index is 1.47. The Labute approximate surface area is 210 Å². The van der Waals surface area contributed by atoms with Gasteiger partial charge in [-0.1, -0.05) is 6.07 Å². The number of phenols is 1. The lowest BCUT2D eigenvalue weighted by Gasteiger charge is -2.23. The molecule has 2 heterocycles. The van der Waals surface area contributed by atoms with E-state index < -0.39 is 0 Å². The van der Waals surface area contributed by atoms with Gasteiger partial charge in [0.25, 0.3) is 11.8 Å². The number of aromatic hydroxyl groups is 1. The van der Waals surface area contributed by atoms with E-state index in [4.69, 9.17) is 0 Å². The van der Waals surface area contributed by atoms with Gasteiger partial charge in [-0.15, -0.1) is 11.3 Å². The zero-order valence-corrected chi connectivity index (χ0v) is 21.2. The van der Waals surface area contributed by atoms with Crippen molar-refractivity contribution in [1.82, 2.24) is 4.90 Å². The van der Waals surface area contributed by atoms with Gasteiger partial charge in [0, 0.05) is 30.9 Å². The predicted molar refractivity (Wildman–Crippen MR) is 142 cm³/mol. The number of carbonyl (C=O) groups excluding carboxylic acids is 2. The summed E-state index contributed by atoms with van der Waals surface area (Å²) in [6.07, 6.45) is 1.10. The first-order valence-corrected chi connectivity index (χ1v) is 12.5. The van der Waals surface area contributed by atoms with E-state index in [2.05, 4.69) is 50.1 Å².